The van der Waals surface area contributed by atoms with Crippen LogP contribution in [-0.2, 0) is 19.6 Å². The van der Waals surface area contributed by atoms with Crippen LogP contribution in [0.1, 0.15) is 18.0 Å². The van der Waals surface area contributed by atoms with Crippen molar-refractivity contribution in [1.29, 1.82) is 0 Å². The third kappa shape index (κ3) is 6.98. The highest BCUT2D eigenvalue weighted by molar-refractivity contribution is 7.89. The van der Waals surface area contributed by atoms with Gasteiger partial charge in [-0.15, -0.1) is 0 Å². The molecule has 31 heavy (non-hydrogen) atoms. The van der Waals surface area contributed by atoms with Crippen molar-refractivity contribution < 1.29 is 22.3 Å². The first-order valence-electron chi connectivity index (χ1n) is 9.94. The Labute approximate surface area is 186 Å². The van der Waals surface area contributed by atoms with E-state index in [1.807, 2.05) is 0 Å². The number of nitrogens with one attached hydrogen (secondary N) is 2. The highest BCUT2D eigenvalue weighted by atomic mass is 35.5. The summed E-state index contributed by atoms with van der Waals surface area (Å²) in [7, 11) is -3.71. The van der Waals surface area contributed by atoms with Crippen molar-refractivity contribution in [1.82, 2.24) is 14.9 Å². The van der Waals surface area contributed by atoms with Gasteiger partial charge >= 0.3 is 0 Å². The molecule has 2 N–H and O–H groups in total. The number of benzene rings is 2. The summed E-state index contributed by atoms with van der Waals surface area (Å²) in [6, 6.07) is 11.9. The Kier molecular flexibility index (Phi) is 8.39. The van der Waals surface area contributed by atoms with Gasteiger partial charge in [-0.2, -0.15) is 0 Å². The van der Waals surface area contributed by atoms with Crippen molar-refractivity contribution in [2.45, 2.75) is 17.4 Å². The number of amides is 1. The number of rotatable bonds is 9. The topological polar surface area (TPSA) is 87.7 Å². The molecular weight excluding hydrogens is 445 g/mol. The van der Waals surface area contributed by atoms with E-state index < -0.39 is 10.0 Å². The number of ether oxygens (including phenoxy) is 1. The van der Waals surface area contributed by atoms with Crippen LogP contribution in [0.15, 0.2) is 53.4 Å². The Morgan fingerprint density at radius 2 is 1.74 bits per heavy atom. The Hall–Kier alpha value is -2.04. The molecule has 1 aliphatic rings. The molecule has 168 valence electrons. The second-order valence-electron chi connectivity index (χ2n) is 7.12. The molecule has 0 spiro atoms. The van der Waals surface area contributed by atoms with Gasteiger partial charge in [0.1, 0.15) is 5.82 Å². The van der Waals surface area contributed by atoms with Gasteiger partial charge in [-0.05, 0) is 42.0 Å². The molecular formula is C21H25ClFN3O4S. The summed E-state index contributed by atoms with van der Waals surface area (Å²) in [6.45, 7) is 2.90. The van der Waals surface area contributed by atoms with E-state index in [2.05, 4.69) is 14.9 Å². The molecule has 0 aromatic heterocycles. The number of nitrogens with zero attached hydrogens (tertiary/aromatic N) is 1. The highest BCUT2D eigenvalue weighted by Crippen LogP contribution is 2.21. The first kappa shape index (κ1) is 23.6. The van der Waals surface area contributed by atoms with E-state index >= 15 is 0 Å². The smallest absolute Gasteiger partial charge is 0.240 e. The van der Waals surface area contributed by atoms with Gasteiger partial charge in [0.05, 0.1) is 24.2 Å². The Morgan fingerprint density at radius 3 is 2.39 bits per heavy atom. The lowest BCUT2D eigenvalue weighted by molar-refractivity contribution is -0.121. The third-order valence-corrected chi connectivity index (χ3v) is 6.73. The van der Waals surface area contributed by atoms with Gasteiger partial charge < -0.3 is 10.1 Å². The molecule has 1 saturated heterocycles. The van der Waals surface area contributed by atoms with E-state index in [1.54, 1.807) is 12.1 Å². The summed E-state index contributed by atoms with van der Waals surface area (Å²) in [5, 5.41) is 3.30. The number of hydrogen-bond acceptors (Lipinski definition) is 5. The van der Waals surface area contributed by atoms with Crippen LogP contribution in [0.2, 0.25) is 5.02 Å². The summed E-state index contributed by atoms with van der Waals surface area (Å²) in [4.78, 5) is 14.6. The molecule has 0 bridgehead atoms. The Balaban J connectivity index is 1.53. The molecule has 1 atom stereocenters. The van der Waals surface area contributed by atoms with Gasteiger partial charge in [-0.3, -0.25) is 9.69 Å². The minimum atomic E-state index is -3.71. The third-order valence-electron chi connectivity index (χ3n) is 5.00. The van der Waals surface area contributed by atoms with Crippen molar-refractivity contribution in [2.24, 2.45) is 0 Å². The van der Waals surface area contributed by atoms with Gasteiger partial charge in [0.15, 0.2) is 0 Å². The van der Waals surface area contributed by atoms with Gasteiger partial charge in [0.2, 0.25) is 15.9 Å². The standard InChI is InChI=1S/C21H25ClFN3O4S/c22-17-3-7-19(8-4-17)31(28,29)25-10-9-21(27)24-15-20(26-11-13-30-14-12-26)16-1-5-18(23)6-2-16/h1-8,20,25H,9-15H2,(H,24,27). The lowest BCUT2D eigenvalue weighted by atomic mass is 10.0. The van der Waals surface area contributed by atoms with Crippen LogP contribution in [0.3, 0.4) is 0 Å². The van der Waals surface area contributed by atoms with E-state index in [9.17, 15) is 17.6 Å². The second kappa shape index (κ2) is 11.0. The van der Waals surface area contributed by atoms with Crippen molar-refractivity contribution in [3.8, 4) is 0 Å². The Bertz CT molecular complexity index is 965. The summed E-state index contributed by atoms with van der Waals surface area (Å²) in [5.41, 5.74) is 0.895. The number of carbonyl (C=O) groups excluding carboxylic acids is 1. The predicted molar refractivity (Wildman–Crippen MR) is 116 cm³/mol. The zero-order chi connectivity index (χ0) is 22.3. The van der Waals surface area contributed by atoms with Crippen LogP contribution in [0.5, 0.6) is 0 Å². The van der Waals surface area contributed by atoms with Gasteiger partial charge in [0, 0.05) is 37.6 Å². The van der Waals surface area contributed by atoms with E-state index in [4.69, 9.17) is 16.3 Å². The maximum atomic E-state index is 13.3. The molecule has 0 aliphatic carbocycles. The molecule has 0 radical (unpaired) electrons. The average Bonchev–Trinajstić information content (AvgIpc) is 2.76. The fourth-order valence-electron chi connectivity index (χ4n) is 3.33. The monoisotopic (exact) mass is 469 g/mol. The second-order valence-corrected chi connectivity index (χ2v) is 9.32. The summed E-state index contributed by atoms with van der Waals surface area (Å²) >= 11 is 5.78. The van der Waals surface area contributed by atoms with E-state index in [-0.39, 0.29) is 35.6 Å². The quantitative estimate of drug-likeness (QED) is 0.588. The minimum Gasteiger partial charge on any atom is -0.379 e. The van der Waals surface area contributed by atoms with E-state index in [1.165, 1.54) is 36.4 Å². The van der Waals surface area contributed by atoms with E-state index in [0.717, 1.165) is 5.56 Å². The molecule has 1 aliphatic heterocycles. The van der Waals surface area contributed by atoms with E-state index in [0.29, 0.717) is 37.9 Å². The lowest BCUT2D eigenvalue weighted by Crippen LogP contribution is -2.44. The molecule has 3 rings (SSSR count). The maximum Gasteiger partial charge on any atom is 0.240 e. The van der Waals surface area contributed by atoms with Crippen molar-refractivity contribution in [2.75, 3.05) is 39.4 Å². The van der Waals surface area contributed by atoms with Crippen molar-refractivity contribution in [3.05, 3.63) is 64.9 Å². The van der Waals surface area contributed by atoms with Crippen LogP contribution in [-0.4, -0.2) is 58.6 Å². The molecule has 1 fully saturated rings. The number of sulfonamides is 1. The molecule has 10 heteroatoms. The number of carbonyl (C=O) groups is 1. The lowest BCUT2D eigenvalue weighted by Gasteiger charge is -2.35. The molecule has 2 aromatic rings. The van der Waals surface area contributed by atoms with Crippen molar-refractivity contribution >= 4 is 27.5 Å². The Morgan fingerprint density at radius 1 is 1.10 bits per heavy atom. The summed E-state index contributed by atoms with van der Waals surface area (Å²) in [6.07, 6.45) is -0.00787. The first-order chi connectivity index (χ1) is 14.8. The van der Waals surface area contributed by atoms with Gasteiger partial charge in [-0.25, -0.2) is 17.5 Å². The average molecular weight is 470 g/mol. The molecule has 2 aromatic carbocycles. The summed E-state index contributed by atoms with van der Waals surface area (Å²) < 4.78 is 45.7. The summed E-state index contributed by atoms with van der Waals surface area (Å²) in [5.74, 6) is -0.597. The van der Waals surface area contributed by atoms with Crippen LogP contribution >= 0.6 is 11.6 Å². The zero-order valence-electron chi connectivity index (χ0n) is 16.9. The number of morpholine rings is 1. The predicted octanol–water partition coefficient (Wildman–Crippen LogP) is 2.34. The number of hydrogen-bond donors (Lipinski definition) is 2. The molecule has 7 nitrogen and oxygen atoms in total. The fourth-order valence-corrected chi connectivity index (χ4v) is 4.48. The highest BCUT2D eigenvalue weighted by Gasteiger charge is 2.23. The van der Waals surface area contributed by atoms with Crippen LogP contribution < -0.4 is 10.0 Å². The van der Waals surface area contributed by atoms with Crippen molar-refractivity contribution in [3.63, 3.8) is 0 Å². The van der Waals surface area contributed by atoms with Gasteiger partial charge in [0.25, 0.3) is 0 Å². The fraction of sp³-hybridized carbons (Fsp3) is 0.381. The van der Waals surface area contributed by atoms with Crippen LogP contribution in [0.25, 0.3) is 0 Å². The van der Waals surface area contributed by atoms with Crippen LogP contribution in [0, 0.1) is 5.82 Å². The SMILES string of the molecule is O=C(CCNS(=O)(=O)c1ccc(Cl)cc1)NCC(c1ccc(F)cc1)N1CCOCC1. The minimum absolute atomic E-state index is 0.00787. The number of halogens is 2. The van der Waals surface area contributed by atoms with Gasteiger partial charge in [-0.1, -0.05) is 23.7 Å². The molecule has 0 saturated carbocycles. The van der Waals surface area contributed by atoms with Crippen LogP contribution in [0.4, 0.5) is 4.39 Å². The maximum absolute atomic E-state index is 13.3. The largest absolute Gasteiger partial charge is 0.379 e. The first-order valence-corrected chi connectivity index (χ1v) is 11.8. The zero-order valence-corrected chi connectivity index (χ0v) is 18.5. The molecule has 1 unspecified atom stereocenters. The molecule has 1 amide bonds. The molecule has 1 heterocycles. The normalized spacial score (nSPS) is 16.1.